The summed E-state index contributed by atoms with van der Waals surface area (Å²) in [5, 5.41) is 5.81. The Labute approximate surface area is 163 Å². The molecule has 1 unspecified atom stereocenters. The molecule has 0 saturated carbocycles. The van der Waals surface area contributed by atoms with Crippen LogP contribution in [-0.4, -0.2) is 37.7 Å². The SMILES string of the molecule is Cc1cccc(C)c1NC(=O)NC1CC(=O)N(c2ccc3c(c2)OCCO3)C1. The molecule has 2 aliphatic heterocycles. The lowest BCUT2D eigenvalue weighted by Crippen LogP contribution is -2.40. The van der Waals surface area contributed by atoms with E-state index < -0.39 is 0 Å². The van der Waals surface area contributed by atoms with Crippen LogP contribution in [0.1, 0.15) is 17.5 Å². The van der Waals surface area contributed by atoms with Crippen molar-refractivity contribution in [2.24, 2.45) is 0 Å². The minimum Gasteiger partial charge on any atom is -0.486 e. The third-order valence-electron chi connectivity index (χ3n) is 5.02. The van der Waals surface area contributed by atoms with E-state index in [2.05, 4.69) is 10.6 Å². The first kappa shape index (κ1) is 18.2. The van der Waals surface area contributed by atoms with Gasteiger partial charge in [-0.1, -0.05) is 18.2 Å². The zero-order chi connectivity index (χ0) is 19.7. The smallest absolute Gasteiger partial charge is 0.319 e. The second kappa shape index (κ2) is 7.42. The van der Waals surface area contributed by atoms with Crippen molar-refractivity contribution in [2.75, 3.05) is 30.0 Å². The van der Waals surface area contributed by atoms with Gasteiger partial charge < -0.3 is 25.0 Å². The van der Waals surface area contributed by atoms with Crippen molar-refractivity contribution in [3.8, 4) is 11.5 Å². The molecular formula is C21H23N3O4. The van der Waals surface area contributed by atoms with E-state index in [1.807, 2.05) is 50.2 Å². The van der Waals surface area contributed by atoms with Gasteiger partial charge in [0.05, 0.1) is 6.04 Å². The molecule has 2 aromatic rings. The van der Waals surface area contributed by atoms with Crippen LogP contribution in [0.3, 0.4) is 0 Å². The van der Waals surface area contributed by atoms with E-state index >= 15 is 0 Å². The average molecular weight is 381 g/mol. The summed E-state index contributed by atoms with van der Waals surface area (Å²) in [6, 6.07) is 10.7. The quantitative estimate of drug-likeness (QED) is 0.857. The Balaban J connectivity index is 1.41. The molecule has 3 amide bonds. The number of amides is 3. The topological polar surface area (TPSA) is 79.9 Å². The zero-order valence-corrected chi connectivity index (χ0v) is 16.0. The van der Waals surface area contributed by atoms with Gasteiger partial charge in [-0.25, -0.2) is 4.79 Å². The molecule has 28 heavy (non-hydrogen) atoms. The standard InChI is InChI=1S/C21H23N3O4/c1-13-4-3-5-14(2)20(13)23-21(26)22-15-10-19(25)24(12-15)16-6-7-17-18(11-16)28-9-8-27-17/h3-7,11,15H,8-10,12H2,1-2H3,(H2,22,23,26). The number of hydrogen-bond acceptors (Lipinski definition) is 4. The molecule has 2 N–H and O–H groups in total. The summed E-state index contributed by atoms with van der Waals surface area (Å²) in [6.45, 7) is 5.33. The lowest BCUT2D eigenvalue weighted by Gasteiger charge is -2.22. The number of aryl methyl sites for hydroxylation is 2. The van der Waals surface area contributed by atoms with Crippen molar-refractivity contribution in [1.82, 2.24) is 5.32 Å². The summed E-state index contributed by atoms with van der Waals surface area (Å²) >= 11 is 0. The Morgan fingerprint density at radius 3 is 2.54 bits per heavy atom. The van der Waals surface area contributed by atoms with Gasteiger partial charge >= 0.3 is 6.03 Å². The number of nitrogens with one attached hydrogen (secondary N) is 2. The largest absolute Gasteiger partial charge is 0.486 e. The molecule has 0 bridgehead atoms. The molecule has 0 aliphatic carbocycles. The van der Waals surface area contributed by atoms with Gasteiger partial charge in [-0.3, -0.25) is 4.79 Å². The Morgan fingerprint density at radius 1 is 1.07 bits per heavy atom. The van der Waals surface area contributed by atoms with Crippen molar-refractivity contribution < 1.29 is 19.1 Å². The van der Waals surface area contributed by atoms with Crippen LogP contribution in [0.2, 0.25) is 0 Å². The Kier molecular flexibility index (Phi) is 4.81. The van der Waals surface area contributed by atoms with Crippen molar-refractivity contribution in [1.29, 1.82) is 0 Å². The summed E-state index contributed by atoms with van der Waals surface area (Å²) < 4.78 is 11.1. The lowest BCUT2D eigenvalue weighted by atomic mass is 10.1. The fourth-order valence-corrected chi connectivity index (χ4v) is 3.60. The Morgan fingerprint density at radius 2 is 1.79 bits per heavy atom. The van der Waals surface area contributed by atoms with E-state index in [1.54, 1.807) is 4.90 Å². The van der Waals surface area contributed by atoms with Gasteiger partial charge in [0.1, 0.15) is 13.2 Å². The van der Waals surface area contributed by atoms with Crippen LogP contribution in [0, 0.1) is 13.8 Å². The highest BCUT2D eigenvalue weighted by Crippen LogP contribution is 2.35. The molecule has 4 rings (SSSR count). The van der Waals surface area contributed by atoms with Gasteiger partial charge in [-0.15, -0.1) is 0 Å². The highest BCUT2D eigenvalue weighted by molar-refractivity contribution is 5.98. The molecule has 2 aromatic carbocycles. The van der Waals surface area contributed by atoms with Gasteiger partial charge in [0.2, 0.25) is 5.91 Å². The van der Waals surface area contributed by atoms with Crippen LogP contribution in [0.15, 0.2) is 36.4 Å². The van der Waals surface area contributed by atoms with Crippen LogP contribution in [0.5, 0.6) is 11.5 Å². The second-order valence-electron chi connectivity index (χ2n) is 7.10. The number of urea groups is 1. The van der Waals surface area contributed by atoms with Crippen LogP contribution >= 0.6 is 0 Å². The van der Waals surface area contributed by atoms with Crippen LogP contribution < -0.4 is 25.0 Å². The summed E-state index contributed by atoms with van der Waals surface area (Å²) in [5.41, 5.74) is 3.54. The number of fused-ring (bicyclic) bond motifs is 1. The number of benzene rings is 2. The summed E-state index contributed by atoms with van der Waals surface area (Å²) in [5.74, 6) is 1.29. The minimum absolute atomic E-state index is 0.0333. The van der Waals surface area contributed by atoms with Crippen molar-refractivity contribution >= 4 is 23.3 Å². The predicted octanol–water partition coefficient (Wildman–Crippen LogP) is 3.00. The Bertz CT molecular complexity index is 908. The van der Waals surface area contributed by atoms with E-state index in [1.165, 1.54) is 0 Å². The molecule has 7 nitrogen and oxygen atoms in total. The molecule has 1 atom stereocenters. The molecule has 2 aliphatic rings. The number of hydrogen-bond donors (Lipinski definition) is 2. The number of para-hydroxylation sites is 1. The number of anilines is 2. The Hall–Kier alpha value is -3.22. The van der Waals surface area contributed by atoms with Crippen LogP contribution in [0.4, 0.5) is 16.2 Å². The fraction of sp³-hybridized carbons (Fsp3) is 0.333. The average Bonchev–Trinajstić information content (AvgIpc) is 3.04. The van der Waals surface area contributed by atoms with Crippen LogP contribution in [-0.2, 0) is 4.79 Å². The summed E-state index contributed by atoms with van der Waals surface area (Å²) in [6.07, 6.45) is 0.259. The summed E-state index contributed by atoms with van der Waals surface area (Å²) in [4.78, 5) is 26.6. The maximum Gasteiger partial charge on any atom is 0.319 e. The third kappa shape index (κ3) is 3.60. The number of nitrogens with zero attached hydrogens (tertiary/aromatic N) is 1. The highest BCUT2D eigenvalue weighted by Gasteiger charge is 2.32. The molecule has 1 saturated heterocycles. The maximum atomic E-state index is 12.5. The zero-order valence-electron chi connectivity index (χ0n) is 16.0. The molecule has 0 radical (unpaired) electrons. The highest BCUT2D eigenvalue weighted by atomic mass is 16.6. The van der Waals surface area contributed by atoms with Crippen LogP contribution in [0.25, 0.3) is 0 Å². The minimum atomic E-state index is -0.306. The number of carbonyl (C=O) groups excluding carboxylic acids is 2. The van der Waals surface area contributed by atoms with Gasteiger partial charge in [-0.2, -0.15) is 0 Å². The van der Waals surface area contributed by atoms with Crippen molar-refractivity contribution in [2.45, 2.75) is 26.3 Å². The van der Waals surface area contributed by atoms with E-state index in [0.717, 1.165) is 22.5 Å². The fourth-order valence-electron chi connectivity index (χ4n) is 3.60. The van der Waals surface area contributed by atoms with E-state index in [-0.39, 0.29) is 24.4 Å². The molecule has 0 spiro atoms. The molecule has 146 valence electrons. The molecule has 2 heterocycles. The first-order valence-corrected chi connectivity index (χ1v) is 9.35. The maximum absolute atomic E-state index is 12.5. The van der Waals surface area contributed by atoms with Gasteiger partial charge in [0.15, 0.2) is 11.5 Å². The monoisotopic (exact) mass is 381 g/mol. The number of ether oxygens (including phenoxy) is 2. The third-order valence-corrected chi connectivity index (χ3v) is 5.02. The summed E-state index contributed by atoms with van der Waals surface area (Å²) in [7, 11) is 0. The first-order valence-electron chi connectivity index (χ1n) is 9.35. The van der Waals surface area contributed by atoms with Gasteiger partial charge in [0, 0.05) is 30.4 Å². The molecular weight excluding hydrogens is 358 g/mol. The first-order chi connectivity index (χ1) is 13.5. The second-order valence-corrected chi connectivity index (χ2v) is 7.10. The van der Waals surface area contributed by atoms with Crippen molar-refractivity contribution in [3.63, 3.8) is 0 Å². The normalized spacial score (nSPS) is 18.1. The number of rotatable bonds is 3. The molecule has 7 heteroatoms. The molecule has 1 fully saturated rings. The van der Waals surface area contributed by atoms with Gasteiger partial charge in [0.25, 0.3) is 0 Å². The van der Waals surface area contributed by atoms with Crippen molar-refractivity contribution in [3.05, 3.63) is 47.5 Å². The van der Waals surface area contributed by atoms with E-state index in [9.17, 15) is 9.59 Å². The van der Waals surface area contributed by atoms with E-state index in [4.69, 9.17) is 9.47 Å². The van der Waals surface area contributed by atoms with Gasteiger partial charge in [-0.05, 0) is 37.1 Å². The number of carbonyl (C=O) groups is 2. The lowest BCUT2D eigenvalue weighted by molar-refractivity contribution is -0.117. The molecule has 0 aromatic heterocycles. The van der Waals surface area contributed by atoms with E-state index in [0.29, 0.717) is 31.3 Å². The predicted molar refractivity (Wildman–Crippen MR) is 106 cm³/mol.